The lowest BCUT2D eigenvalue weighted by Gasteiger charge is -2.24. The first-order valence-corrected chi connectivity index (χ1v) is 10.2. The molecular weight excluding hydrogens is 298 g/mol. The summed E-state index contributed by atoms with van der Waals surface area (Å²) in [6, 6.07) is 0. The van der Waals surface area contributed by atoms with Crippen LogP contribution in [-0.2, 0) is 10.2 Å². The molecule has 0 saturated carbocycles. The third-order valence-corrected chi connectivity index (χ3v) is 5.86. The lowest BCUT2D eigenvalue weighted by Crippen LogP contribution is -2.43. The van der Waals surface area contributed by atoms with Gasteiger partial charge in [-0.2, -0.15) is 12.7 Å². The van der Waals surface area contributed by atoms with Gasteiger partial charge in [0.1, 0.15) is 0 Å². The van der Waals surface area contributed by atoms with Crippen LogP contribution in [0.1, 0.15) is 53.4 Å². The Labute approximate surface area is 137 Å². The van der Waals surface area contributed by atoms with Gasteiger partial charge in [0.05, 0.1) is 0 Å². The SMILES string of the molecule is CC(C)CCN(CCC(C)C)S(=O)(=O)NCCC1CCNC1. The summed E-state index contributed by atoms with van der Waals surface area (Å²) in [6.45, 7) is 12.4. The molecule has 0 spiro atoms. The molecule has 0 amide bonds. The fraction of sp³-hybridized carbons (Fsp3) is 1.00. The van der Waals surface area contributed by atoms with E-state index < -0.39 is 10.2 Å². The lowest BCUT2D eigenvalue weighted by molar-refractivity contribution is 0.351. The maximum absolute atomic E-state index is 12.5. The number of hydrogen-bond donors (Lipinski definition) is 2. The van der Waals surface area contributed by atoms with Gasteiger partial charge in [-0.05, 0) is 56.5 Å². The first-order chi connectivity index (χ1) is 10.3. The molecule has 0 aromatic carbocycles. The third kappa shape index (κ3) is 7.90. The van der Waals surface area contributed by atoms with Crippen LogP contribution in [0.3, 0.4) is 0 Å². The van der Waals surface area contributed by atoms with Crippen molar-refractivity contribution in [1.82, 2.24) is 14.3 Å². The van der Waals surface area contributed by atoms with Gasteiger partial charge in [0.2, 0.25) is 0 Å². The van der Waals surface area contributed by atoms with Crippen molar-refractivity contribution in [2.45, 2.75) is 53.4 Å². The second-order valence-corrected chi connectivity index (χ2v) is 9.07. The van der Waals surface area contributed by atoms with Crippen LogP contribution in [0, 0.1) is 17.8 Å². The summed E-state index contributed by atoms with van der Waals surface area (Å²) in [4.78, 5) is 0. The predicted molar refractivity (Wildman–Crippen MR) is 93.0 cm³/mol. The van der Waals surface area contributed by atoms with Crippen LogP contribution in [0.4, 0.5) is 0 Å². The van der Waals surface area contributed by atoms with E-state index in [0.29, 0.717) is 37.4 Å². The summed E-state index contributed by atoms with van der Waals surface area (Å²) in [5.41, 5.74) is 0. The fourth-order valence-electron chi connectivity index (χ4n) is 2.60. The van der Waals surface area contributed by atoms with Crippen molar-refractivity contribution in [3.05, 3.63) is 0 Å². The van der Waals surface area contributed by atoms with Crippen molar-refractivity contribution in [1.29, 1.82) is 0 Å². The number of hydrogen-bond acceptors (Lipinski definition) is 3. The van der Waals surface area contributed by atoms with Crippen LogP contribution < -0.4 is 10.0 Å². The third-order valence-electron chi connectivity index (χ3n) is 4.25. The van der Waals surface area contributed by atoms with Crippen LogP contribution in [0.15, 0.2) is 0 Å². The van der Waals surface area contributed by atoms with Crippen molar-refractivity contribution in [3.8, 4) is 0 Å². The van der Waals surface area contributed by atoms with E-state index in [2.05, 4.69) is 37.7 Å². The topological polar surface area (TPSA) is 61.4 Å². The van der Waals surface area contributed by atoms with Crippen LogP contribution >= 0.6 is 0 Å². The minimum absolute atomic E-state index is 0.515. The quantitative estimate of drug-likeness (QED) is 0.609. The van der Waals surface area contributed by atoms with Gasteiger partial charge in [0.25, 0.3) is 10.2 Å². The van der Waals surface area contributed by atoms with Crippen LogP contribution in [0.2, 0.25) is 0 Å². The molecule has 5 nitrogen and oxygen atoms in total. The van der Waals surface area contributed by atoms with Crippen molar-refractivity contribution in [3.63, 3.8) is 0 Å². The van der Waals surface area contributed by atoms with Crippen molar-refractivity contribution in [2.24, 2.45) is 17.8 Å². The first kappa shape index (κ1) is 19.9. The maximum Gasteiger partial charge on any atom is 0.279 e. The number of nitrogens with zero attached hydrogens (tertiary/aromatic N) is 1. The highest BCUT2D eigenvalue weighted by Crippen LogP contribution is 2.13. The molecule has 0 aromatic heterocycles. The Kier molecular flexibility index (Phi) is 8.90. The fourth-order valence-corrected chi connectivity index (χ4v) is 3.85. The van der Waals surface area contributed by atoms with Gasteiger partial charge >= 0.3 is 0 Å². The molecule has 0 aliphatic carbocycles. The predicted octanol–water partition coefficient (Wildman–Crippen LogP) is 2.21. The number of rotatable bonds is 11. The molecule has 1 fully saturated rings. The van der Waals surface area contributed by atoms with E-state index in [1.165, 1.54) is 0 Å². The van der Waals surface area contributed by atoms with E-state index in [0.717, 1.165) is 38.8 Å². The summed E-state index contributed by atoms with van der Waals surface area (Å²) in [7, 11) is -3.34. The van der Waals surface area contributed by atoms with Gasteiger partial charge in [0, 0.05) is 19.6 Å². The molecule has 0 aromatic rings. The standard InChI is InChI=1S/C16H35N3O2S/c1-14(2)7-11-19(12-8-15(3)4)22(20,21)18-10-6-16-5-9-17-13-16/h14-18H,5-13H2,1-4H3. The van der Waals surface area contributed by atoms with E-state index in [1.54, 1.807) is 4.31 Å². The Hall–Kier alpha value is -0.170. The molecule has 1 aliphatic rings. The molecule has 1 heterocycles. The molecule has 1 atom stereocenters. The normalized spacial score (nSPS) is 19.7. The van der Waals surface area contributed by atoms with Gasteiger partial charge in [-0.3, -0.25) is 0 Å². The summed E-state index contributed by atoms with van der Waals surface area (Å²) < 4.78 is 29.5. The van der Waals surface area contributed by atoms with E-state index in [-0.39, 0.29) is 0 Å². The van der Waals surface area contributed by atoms with Gasteiger partial charge < -0.3 is 5.32 Å². The molecule has 6 heteroatoms. The monoisotopic (exact) mass is 333 g/mol. The Balaban J connectivity index is 2.47. The highest BCUT2D eigenvalue weighted by Gasteiger charge is 2.22. The van der Waals surface area contributed by atoms with Gasteiger partial charge in [0.15, 0.2) is 0 Å². The van der Waals surface area contributed by atoms with Crippen molar-refractivity contribution in [2.75, 3.05) is 32.7 Å². The minimum atomic E-state index is -3.34. The molecule has 132 valence electrons. The highest BCUT2D eigenvalue weighted by atomic mass is 32.2. The molecule has 1 aliphatic heterocycles. The second-order valence-electron chi connectivity index (χ2n) is 7.31. The summed E-state index contributed by atoms with van der Waals surface area (Å²) in [6.07, 6.45) is 3.90. The number of nitrogens with one attached hydrogen (secondary N) is 2. The Morgan fingerprint density at radius 2 is 1.73 bits per heavy atom. The van der Waals surface area contributed by atoms with E-state index in [1.807, 2.05) is 0 Å². The van der Waals surface area contributed by atoms with E-state index in [9.17, 15) is 8.42 Å². The molecule has 22 heavy (non-hydrogen) atoms. The van der Waals surface area contributed by atoms with Crippen molar-refractivity contribution < 1.29 is 8.42 Å². The zero-order valence-electron chi connectivity index (χ0n) is 14.8. The van der Waals surface area contributed by atoms with Gasteiger partial charge in [-0.1, -0.05) is 27.7 Å². The molecular formula is C16H35N3O2S. The zero-order valence-corrected chi connectivity index (χ0v) is 15.6. The van der Waals surface area contributed by atoms with Gasteiger partial charge in [-0.15, -0.1) is 0 Å². The average molecular weight is 334 g/mol. The van der Waals surface area contributed by atoms with Crippen LogP contribution in [0.25, 0.3) is 0 Å². The molecule has 0 radical (unpaired) electrons. The smallest absolute Gasteiger partial charge is 0.279 e. The van der Waals surface area contributed by atoms with Crippen molar-refractivity contribution >= 4 is 10.2 Å². The van der Waals surface area contributed by atoms with Crippen LogP contribution in [0.5, 0.6) is 0 Å². The minimum Gasteiger partial charge on any atom is -0.316 e. The molecule has 1 saturated heterocycles. The average Bonchev–Trinajstić information content (AvgIpc) is 2.90. The Morgan fingerprint density at radius 3 is 2.18 bits per heavy atom. The van der Waals surface area contributed by atoms with Crippen LogP contribution in [-0.4, -0.2) is 45.4 Å². The lowest BCUT2D eigenvalue weighted by atomic mass is 10.1. The molecule has 1 unspecified atom stereocenters. The van der Waals surface area contributed by atoms with E-state index in [4.69, 9.17) is 0 Å². The molecule has 2 N–H and O–H groups in total. The molecule has 1 rings (SSSR count). The maximum atomic E-state index is 12.5. The van der Waals surface area contributed by atoms with E-state index >= 15 is 0 Å². The summed E-state index contributed by atoms with van der Waals surface area (Å²) in [5.74, 6) is 1.64. The highest BCUT2D eigenvalue weighted by molar-refractivity contribution is 7.87. The largest absolute Gasteiger partial charge is 0.316 e. The van der Waals surface area contributed by atoms with Gasteiger partial charge in [-0.25, -0.2) is 4.72 Å². The Bertz CT molecular complexity index is 378. The zero-order chi connectivity index (χ0) is 16.6. The summed E-state index contributed by atoms with van der Waals surface area (Å²) in [5, 5.41) is 3.32. The summed E-state index contributed by atoms with van der Waals surface area (Å²) >= 11 is 0. The first-order valence-electron chi connectivity index (χ1n) is 8.76. The second kappa shape index (κ2) is 9.85. The molecule has 0 bridgehead atoms. The Morgan fingerprint density at radius 1 is 1.14 bits per heavy atom.